The Kier molecular flexibility index (Phi) is 2.53. The Morgan fingerprint density at radius 2 is 2.24 bits per heavy atom. The van der Waals surface area contributed by atoms with Crippen molar-refractivity contribution in [3.05, 3.63) is 29.8 Å². The van der Waals surface area contributed by atoms with Crippen LogP contribution in [-0.2, 0) is 9.53 Å². The van der Waals surface area contributed by atoms with Gasteiger partial charge < -0.3 is 19.6 Å². The molecule has 110 valence electrons. The van der Waals surface area contributed by atoms with E-state index in [9.17, 15) is 14.7 Å². The highest BCUT2D eigenvalue weighted by molar-refractivity contribution is 5.96. The van der Waals surface area contributed by atoms with Crippen LogP contribution in [0, 0.1) is 0 Å². The highest BCUT2D eigenvalue weighted by Crippen LogP contribution is 2.45. The molecule has 0 aromatic heterocycles. The lowest BCUT2D eigenvalue weighted by Gasteiger charge is -2.31. The van der Waals surface area contributed by atoms with Gasteiger partial charge in [-0.15, -0.1) is 0 Å². The zero-order valence-electron chi connectivity index (χ0n) is 11.5. The summed E-state index contributed by atoms with van der Waals surface area (Å²) in [7, 11) is 0. The summed E-state index contributed by atoms with van der Waals surface area (Å²) >= 11 is 0. The molecule has 1 N–H and O–H groups in total. The van der Waals surface area contributed by atoms with E-state index in [4.69, 9.17) is 4.74 Å². The minimum atomic E-state index is -0.608. The van der Waals surface area contributed by atoms with E-state index in [1.165, 1.54) is 12.1 Å². The maximum Gasteiger partial charge on any atom is 0.254 e. The van der Waals surface area contributed by atoms with Crippen molar-refractivity contribution >= 4 is 11.8 Å². The fourth-order valence-corrected chi connectivity index (χ4v) is 3.84. The second-order valence-corrected chi connectivity index (χ2v) is 5.76. The molecule has 3 heterocycles. The number of hydrogen-bond donors (Lipinski definition) is 1. The zero-order chi connectivity index (χ0) is 14.6. The van der Waals surface area contributed by atoms with Gasteiger partial charge in [-0.3, -0.25) is 9.59 Å². The number of phenols is 1. The quantitative estimate of drug-likeness (QED) is 0.820. The molecule has 0 radical (unpaired) electrons. The Hall–Kier alpha value is -2.08. The number of benzene rings is 1. The molecule has 0 aliphatic carbocycles. The van der Waals surface area contributed by atoms with Gasteiger partial charge in [0.1, 0.15) is 5.75 Å². The van der Waals surface area contributed by atoms with Gasteiger partial charge in [0.25, 0.3) is 5.91 Å². The molecular formula is C15H16N2O4. The van der Waals surface area contributed by atoms with Crippen molar-refractivity contribution in [2.45, 2.75) is 24.6 Å². The van der Waals surface area contributed by atoms with Gasteiger partial charge in [0.05, 0.1) is 19.1 Å². The molecule has 0 saturated carbocycles. The summed E-state index contributed by atoms with van der Waals surface area (Å²) in [6.07, 6.45) is 0.985. The lowest BCUT2D eigenvalue weighted by Crippen LogP contribution is -2.48. The predicted molar refractivity (Wildman–Crippen MR) is 72.6 cm³/mol. The maximum atomic E-state index is 12.7. The van der Waals surface area contributed by atoms with Crippen molar-refractivity contribution in [1.29, 1.82) is 0 Å². The standard InChI is InChI=1S/C15H16N2O4/c18-11-3-1-2-10(8-11)14(20)16-5-4-15-12(16)9-13(19)17(15)6-7-21-15/h1-3,8,12,18H,4-7,9H2/t12-,15+/m1/s1. The topological polar surface area (TPSA) is 70.1 Å². The minimum Gasteiger partial charge on any atom is -0.508 e. The second-order valence-electron chi connectivity index (χ2n) is 5.76. The van der Waals surface area contributed by atoms with E-state index in [0.717, 1.165) is 0 Å². The molecule has 3 aliphatic heterocycles. The molecule has 2 amide bonds. The van der Waals surface area contributed by atoms with E-state index in [1.807, 2.05) is 0 Å². The number of carbonyl (C=O) groups is 2. The Morgan fingerprint density at radius 1 is 1.38 bits per heavy atom. The van der Waals surface area contributed by atoms with E-state index in [2.05, 4.69) is 0 Å². The average Bonchev–Trinajstić information content (AvgIpc) is 3.10. The third-order valence-electron chi connectivity index (χ3n) is 4.75. The number of phenolic OH excluding ortho intramolecular Hbond substituents is 1. The first-order valence-electron chi connectivity index (χ1n) is 7.16. The molecule has 3 aliphatic rings. The number of rotatable bonds is 1. The number of aromatic hydroxyl groups is 1. The van der Waals surface area contributed by atoms with E-state index >= 15 is 0 Å². The lowest BCUT2D eigenvalue weighted by molar-refractivity contribution is -0.136. The summed E-state index contributed by atoms with van der Waals surface area (Å²) in [6.45, 7) is 1.73. The molecule has 1 aromatic rings. The first-order chi connectivity index (χ1) is 10.1. The minimum absolute atomic E-state index is 0.0610. The Bertz CT molecular complexity index is 632. The molecule has 0 bridgehead atoms. The fraction of sp³-hybridized carbons (Fsp3) is 0.467. The molecule has 3 saturated heterocycles. The first kappa shape index (κ1) is 12.6. The van der Waals surface area contributed by atoms with Crippen LogP contribution in [-0.4, -0.2) is 58.2 Å². The number of nitrogens with zero attached hydrogens (tertiary/aromatic N) is 2. The van der Waals surface area contributed by atoms with Crippen LogP contribution >= 0.6 is 0 Å². The van der Waals surface area contributed by atoms with Crippen LogP contribution in [0.1, 0.15) is 23.2 Å². The van der Waals surface area contributed by atoms with Crippen LogP contribution in [0.3, 0.4) is 0 Å². The van der Waals surface area contributed by atoms with Gasteiger partial charge in [0.2, 0.25) is 5.91 Å². The van der Waals surface area contributed by atoms with Gasteiger partial charge in [-0.25, -0.2) is 0 Å². The number of likely N-dealkylation sites (tertiary alicyclic amines) is 1. The molecule has 3 fully saturated rings. The monoisotopic (exact) mass is 288 g/mol. The van der Waals surface area contributed by atoms with Crippen LogP contribution in [0.15, 0.2) is 24.3 Å². The molecule has 6 nitrogen and oxygen atoms in total. The van der Waals surface area contributed by atoms with Gasteiger partial charge in [-0.05, 0) is 18.2 Å². The Labute approximate surface area is 121 Å². The van der Waals surface area contributed by atoms with Gasteiger partial charge in [0.15, 0.2) is 5.72 Å². The third-order valence-corrected chi connectivity index (χ3v) is 4.75. The Balaban J connectivity index is 1.66. The molecule has 6 heteroatoms. The lowest BCUT2D eigenvalue weighted by atomic mass is 10.1. The Morgan fingerprint density at radius 3 is 3.05 bits per heavy atom. The van der Waals surface area contributed by atoms with Crippen LogP contribution in [0.4, 0.5) is 0 Å². The van der Waals surface area contributed by atoms with Gasteiger partial charge in [0, 0.05) is 25.1 Å². The number of ether oxygens (including phenoxy) is 1. The molecule has 4 rings (SSSR count). The van der Waals surface area contributed by atoms with E-state index in [-0.39, 0.29) is 23.6 Å². The highest BCUT2D eigenvalue weighted by atomic mass is 16.5. The van der Waals surface area contributed by atoms with E-state index < -0.39 is 5.72 Å². The molecule has 1 spiro atoms. The predicted octanol–water partition coefficient (Wildman–Crippen LogP) is 0.565. The van der Waals surface area contributed by atoms with Crippen molar-refractivity contribution in [3.63, 3.8) is 0 Å². The molecule has 1 aromatic carbocycles. The van der Waals surface area contributed by atoms with Crippen LogP contribution < -0.4 is 0 Å². The summed E-state index contributed by atoms with van der Waals surface area (Å²) in [6, 6.07) is 6.09. The number of amides is 2. The van der Waals surface area contributed by atoms with Crippen LogP contribution in [0.2, 0.25) is 0 Å². The largest absolute Gasteiger partial charge is 0.508 e. The van der Waals surface area contributed by atoms with Gasteiger partial charge in [-0.1, -0.05) is 6.07 Å². The maximum absolute atomic E-state index is 12.7. The molecule has 21 heavy (non-hydrogen) atoms. The van der Waals surface area contributed by atoms with Gasteiger partial charge >= 0.3 is 0 Å². The average molecular weight is 288 g/mol. The highest BCUT2D eigenvalue weighted by Gasteiger charge is 2.62. The van der Waals surface area contributed by atoms with Gasteiger partial charge in [-0.2, -0.15) is 0 Å². The molecule has 2 atom stereocenters. The van der Waals surface area contributed by atoms with Crippen LogP contribution in [0.25, 0.3) is 0 Å². The number of hydrogen-bond acceptors (Lipinski definition) is 4. The van der Waals surface area contributed by atoms with E-state index in [1.54, 1.807) is 21.9 Å². The van der Waals surface area contributed by atoms with Crippen molar-refractivity contribution in [2.75, 3.05) is 19.7 Å². The molecule has 0 unspecified atom stereocenters. The summed E-state index contributed by atoms with van der Waals surface area (Å²) in [4.78, 5) is 28.3. The smallest absolute Gasteiger partial charge is 0.254 e. The normalized spacial score (nSPS) is 30.7. The summed E-state index contributed by atoms with van der Waals surface area (Å²) in [5.74, 6) is -0.0279. The second kappa shape index (κ2) is 4.21. The van der Waals surface area contributed by atoms with Crippen molar-refractivity contribution in [1.82, 2.24) is 9.80 Å². The summed E-state index contributed by atoms with van der Waals surface area (Å²) < 4.78 is 5.86. The fourth-order valence-electron chi connectivity index (χ4n) is 3.84. The number of carbonyl (C=O) groups excluding carboxylic acids is 2. The summed E-state index contributed by atoms with van der Waals surface area (Å²) in [5, 5.41) is 9.53. The molecular weight excluding hydrogens is 272 g/mol. The third kappa shape index (κ3) is 1.62. The van der Waals surface area contributed by atoms with Crippen LogP contribution in [0.5, 0.6) is 5.75 Å². The van der Waals surface area contributed by atoms with Crippen molar-refractivity contribution < 1.29 is 19.4 Å². The summed E-state index contributed by atoms with van der Waals surface area (Å²) in [5.41, 5.74) is -0.167. The first-order valence-corrected chi connectivity index (χ1v) is 7.16. The van der Waals surface area contributed by atoms with Crippen molar-refractivity contribution in [3.8, 4) is 5.75 Å². The SMILES string of the molecule is O=C(c1cccc(O)c1)N1CC[C@@]23OCCN2C(=O)C[C@@H]13. The zero-order valence-corrected chi connectivity index (χ0v) is 11.5. The van der Waals surface area contributed by atoms with Crippen molar-refractivity contribution in [2.24, 2.45) is 0 Å². The van der Waals surface area contributed by atoms with E-state index in [0.29, 0.717) is 38.1 Å².